The maximum absolute atomic E-state index is 12.2. The molecule has 0 saturated carbocycles. The lowest BCUT2D eigenvalue weighted by Crippen LogP contribution is -2.54. The molecule has 0 spiro atoms. The Kier molecular flexibility index (Phi) is 3.90. The maximum Gasteiger partial charge on any atom is 0.360 e. The normalized spacial score (nSPS) is 24.5. The SMILES string of the molecule is O=C(O)[C@]1(O)[C@H](c2ccccc2)[C@H](c2ccc(Cl)cc2)Nc2ncnn21. The number of aliphatic hydroxyl groups is 1. The van der Waals surface area contributed by atoms with Crippen molar-refractivity contribution < 1.29 is 15.0 Å². The van der Waals surface area contributed by atoms with E-state index < -0.39 is 23.7 Å². The summed E-state index contributed by atoms with van der Waals surface area (Å²) in [6.07, 6.45) is 1.21. The molecule has 0 radical (unpaired) electrons. The summed E-state index contributed by atoms with van der Waals surface area (Å²) >= 11 is 5.98. The number of aliphatic carboxylic acids is 1. The zero-order valence-corrected chi connectivity index (χ0v) is 14.2. The molecule has 26 heavy (non-hydrogen) atoms. The standard InChI is InChI=1S/C18H15ClN4O3/c19-13-8-6-12(7-9-13)15-14(11-4-2-1-3-5-11)18(26,16(24)25)23-17(22-15)20-10-21-23/h1-10,14-15,26H,(H,24,25)(H,20,21,22)/t14-,15+,18-/m1/s1. The van der Waals surface area contributed by atoms with Gasteiger partial charge in [-0.1, -0.05) is 54.1 Å². The van der Waals surface area contributed by atoms with Crippen LogP contribution >= 0.6 is 11.6 Å². The van der Waals surface area contributed by atoms with Gasteiger partial charge in [-0.2, -0.15) is 14.8 Å². The van der Waals surface area contributed by atoms with E-state index in [0.29, 0.717) is 10.6 Å². The molecule has 3 atom stereocenters. The molecule has 0 aliphatic carbocycles. The molecule has 1 aromatic heterocycles. The van der Waals surface area contributed by atoms with E-state index in [2.05, 4.69) is 15.4 Å². The van der Waals surface area contributed by atoms with E-state index in [-0.39, 0.29) is 5.95 Å². The van der Waals surface area contributed by atoms with Crippen molar-refractivity contribution in [3.63, 3.8) is 0 Å². The number of fused-ring (bicyclic) bond motifs is 1. The summed E-state index contributed by atoms with van der Waals surface area (Å²) in [5, 5.41) is 28.9. The van der Waals surface area contributed by atoms with Gasteiger partial charge in [0.25, 0.3) is 5.72 Å². The van der Waals surface area contributed by atoms with E-state index in [4.69, 9.17) is 11.6 Å². The van der Waals surface area contributed by atoms with Crippen LogP contribution in [0.25, 0.3) is 0 Å². The van der Waals surface area contributed by atoms with Gasteiger partial charge < -0.3 is 15.5 Å². The number of anilines is 1. The highest BCUT2D eigenvalue weighted by atomic mass is 35.5. The van der Waals surface area contributed by atoms with E-state index >= 15 is 0 Å². The van der Waals surface area contributed by atoms with E-state index in [1.54, 1.807) is 48.5 Å². The summed E-state index contributed by atoms with van der Waals surface area (Å²) in [5.74, 6) is -2.07. The second kappa shape index (κ2) is 6.12. The zero-order valence-electron chi connectivity index (χ0n) is 13.5. The first-order chi connectivity index (χ1) is 12.5. The van der Waals surface area contributed by atoms with Crippen molar-refractivity contribution in [1.29, 1.82) is 0 Å². The first-order valence-electron chi connectivity index (χ1n) is 7.95. The number of carboxylic acids is 1. The third-order valence-electron chi connectivity index (χ3n) is 4.62. The number of aromatic nitrogens is 3. The highest BCUT2D eigenvalue weighted by Gasteiger charge is 2.56. The second-order valence-corrected chi connectivity index (χ2v) is 6.53. The van der Waals surface area contributed by atoms with Crippen molar-refractivity contribution in [2.24, 2.45) is 0 Å². The quantitative estimate of drug-likeness (QED) is 0.655. The third kappa shape index (κ3) is 2.44. The fraction of sp³-hybridized carbons (Fsp3) is 0.167. The molecule has 0 amide bonds. The van der Waals surface area contributed by atoms with Gasteiger partial charge in [-0.05, 0) is 23.3 Å². The molecule has 7 nitrogen and oxygen atoms in total. The summed E-state index contributed by atoms with van der Waals surface area (Å²) < 4.78 is 1.01. The number of nitrogens with zero attached hydrogens (tertiary/aromatic N) is 3. The fourth-order valence-corrected chi connectivity index (χ4v) is 3.56. The minimum absolute atomic E-state index is 0.182. The number of carboxylic acid groups (broad SMARTS) is 1. The van der Waals surface area contributed by atoms with Gasteiger partial charge in [0, 0.05) is 5.02 Å². The molecule has 2 heterocycles. The van der Waals surface area contributed by atoms with Crippen molar-refractivity contribution in [1.82, 2.24) is 14.8 Å². The minimum Gasteiger partial charge on any atom is -0.478 e. The lowest BCUT2D eigenvalue weighted by Gasteiger charge is -2.42. The van der Waals surface area contributed by atoms with E-state index in [0.717, 1.165) is 10.2 Å². The van der Waals surface area contributed by atoms with Crippen LogP contribution in [0, 0.1) is 0 Å². The molecule has 2 aromatic carbocycles. The fourth-order valence-electron chi connectivity index (χ4n) is 3.43. The monoisotopic (exact) mass is 370 g/mol. The van der Waals surface area contributed by atoms with Gasteiger partial charge in [0.2, 0.25) is 5.95 Å². The van der Waals surface area contributed by atoms with Crippen molar-refractivity contribution >= 4 is 23.5 Å². The lowest BCUT2D eigenvalue weighted by molar-refractivity contribution is -0.179. The molecule has 1 aliphatic rings. The number of nitrogens with one attached hydrogen (secondary N) is 1. The Morgan fingerprint density at radius 2 is 1.81 bits per heavy atom. The molecule has 132 valence electrons. The molecule has 4 rings (SSSR count). The summed E-state index contributed by atoms with van der Waals surface area (Å²) in [6, 6.07) is 15.5. The topological polar surface area (TPSA) is 100 Å². The van der Waals surface area contributed by atoms with Crippen molar-refractivity contribution in [2.75, 3.05) is 5.32 Å². The van der Waals surface area contributed by atoms with Crippen LogP contribution in [0.5, 0.6) is 0 Å². The van der Waals surface area contributed by atoms with Gasteiger partial charge in [0.15, 0.2) is 0 Å². The Hall–Kier alpha value is -2.90. The first kappa shape index (κ1) is 16.6. The van der Waals surface area contributed by atoms with Gasteiger partial charge >= 0.3 is 5.97 Å². The average Bonchev–Trinajstić information content (AvgIpc) is 3.12. The van der Waals surface area contributed by atoms with Crippen LogP contribution in [0.3, 0.4) is 0 Å². The molecule has 0 fully saturated rings. The Bertz CT molecular complexity index is 945. The van der Waals surface area contributed by atoms with Gasteiger partial charge in [0.1, 0.15) is 6.33 Å². The Morgan fingerprint density at radius 3 is 2.46 bits per heavy atom. The van der Waals surface area contributed by atoms with E-state index in [9.17, 15) is 15.0 Å². The number of benzene rings is 2. The van der Waals surface area contributed by atoms with Crippen molar-refractivity contribution in [3.05, 3.63) is 77.1 Å². The van der Waals surface area contributed by atoms with Gasteiger partial charge in [-0.25, -0.2) is 4.79 Å². The number of hydrogen-bond donors (Lipinski definition) is 3. The van der Waals surface area contributed by atoms with Gasteiger partial charge in [-0.15, -0.1) is 0 Å². The molecule has 0 saturated heterocycles. The zero-order chi connectivity index (χ0) is 18.3. The summed E-state index contributed by atoms with van der Waals surface area (Å²) in [5.41, 5.74) is -0.869. The molecule has 3 aromatic rings. The summed E-state index contributed by atoms with van der Waals surface area (Å²) in [6.45, 7) is 0. The molecule has 1 aliphatic heterocycles. The molecule has 0 unspecified atom stereocenters. The van der Waals surface area contributed by atoms with Crippen LogP contribution in [0.2, 0.25) is 5.02 Å². The molecular weight excluding hydrogens is 356 g/mol. The highest BCUT2D eigenvalue weighted by Crippen LogP contribution is 2.47. The first-order valence-corrected chi connectivity index (χ1v) is 8.33. The largest absolute Gasteiger partial charge is 0.478 e. The predicted molar refractivity (Wildman–Crippen MR) is 94.8 cm³/mol. The number of halogens is 1. The average molecular weight is 371 g/mol. The lowest BCUT2D eigenvalue weighted by atomic mass is 9.78. The van der Waals surface area contributed by atoms with E-state index in [1.165, 1.54) is 6.33 Å². The molecule has 0 bridgehead atoms. The molecule has 3 N–H and O–H groups in total. The Labute approximate surface area is 153 Å². The smallest absolute Gasteiger partial charge is 0.360 e. The Balaban J connectivity index is 1.95. The second-order valence-electron chi connectivity index (χ2n) is 6.09. The van der Waals surface area contributed by atoms with Crippen LogP contribution in [-0.2, 0) is 10.5 Å². The Morgan fingerprint density at radius 1 is 1.12 bits per heavy atom. The minimum atomic E-state index is -2.30. The van der Waals surface area contributed by atoms with Crippen LogP contribution in [-0.4, -0.2) is 30.9 Å². The number of carbonyl (C=O) groups is 1. The summed E-state index contributed by atoms with van der Waals surface area (Å²) in [7, 11) is 0. The van der Waals surface area contributed by atoms with Crippen molar-refractivity contribution in [2.45, 2.75) is 17.7 Å². The predicted octanol–water partition coefficient (Wildman–Crippen LogP) is 2.61. The highest BCUT2D eigenvalue weighted by molar-refractivity contribution is 6.30. The van der Waals surface area contributed by atoms with E-state index in [1.807, 2.05) is 6.07 Å². The molecular formula is C18H15ClN4O3. The van der Waals surface area contributed by atoms with Crippen LogP contribution in [0.15, 0.2) is 60.9 Å². The maximum atomic E-state index is 12.2. The number of hydrogen-bond acceptors (Lipinski definition) is 5. The van der Waals surface area contributed by atoms with Crippen molar-refractivity contribution in [3.8, 4) is 0 Å². The number of rotatable bonds is 3. The van der Waals surface area contributed by atoms with Gasteiger partial charge in [0.05, 0.1) is 12.0 Å². The molecule has 8 heteroatoms. The van der Waals surface area contributed by atoms with Gasteiger partial charge in [-0.3, -0.25) is 0 Å². The summed E-state index contributed by atoms with van der Waals surface area (Å²) in [4.78, 5) is 16.2. The third-order valence-corrected chi connectivity index (χ3v) is 4.88. The van der Waals surface area contributed by atoms with Crippen LogP contribution in [0.1, 0.15) is 23.1 Å². The van der Waals surface area contributed by atoms with Crippen LogP contribution < -0.4 is 5.32 Å². The van der Waals surface area contributed by atoms with Crippen LogP contribution in [0.4, 0.5) is 5.95 Å².